The van der Waals surface area contributed by atoms with Gasteiger partial charge in [-0.3, -0.25) is 4.90 Å². The SMILES string of the molecule is COCCCNc1c(F)cccc1N1C(N)=C(C#N)C(c2ccccc2)C(C(=O)OC)=C1C(=O)OC. The number of anilines is 2. The number of methoxy groups -OCH3 is 3. The summed E-state index contributed by atoms with van der Waals surface area (Å²) in [4.78, 5) is 27.5. The molecule has 0 fully saturated rings. The maximum atomic E-state index is 15.0. The number of nitrogens with two attached hydrogens (primary N) is 1. The van der Waals surface area contributed by atoms with Crippen LogP contribution in [0.25, 0.3) is 0 Å². The molecule has 1 aliphatic heterocycles. The highest BCUT2D eigenvalue weighted by atomic mass is 19.1. The number of nitrogens with one attached hydrogen (secondary N) is 1. The molecule has 0 bridgehead atoms. The van der Waals surface area contributed by atoms with Crippen molar-refractivity contribution in [2.24, 2.45) is 5.73 Å². The van der Waals surface area contributed by atoms with Crippen molar-refractivity contribution < 1.29 is 28.2 Å². The highest BCUT2D eigenvalue weighted by Crippen LogP contribution is 2.45. The molecule has 2 aromatic rings. The van der Waals surface area contributed by atoms with E-state index in [0.717, 1.165) is 19.1 Å². The van der Waals surface area contributed by atoms with Crippen molar-refractivity contribution >= 4 is 23.3 Å². The van der Waals surface area contributed by atoms with E-state index >= 15 is 4.39 Å². The first-order chi connectivity index (χ1) is 17.4. The highest BCUT2D eigenvalue weighted by Gasteiger charge is 2.43. The van der Waals surface area contributed by atoms with E-state index < -0.39 is 23.7 Å². The van der Waals surface area contributed by atoms with Gasteiger partial charge in [-0.15, -0.1) is 0 Å². The molecule has 10 heteroatoms. The van der Waals surface area contributed by atoms with Crippen LogP contribution >= 0.6 is 0 Å². The number of benzene rings is 2. The molecule has 1 unspecified atom stereocenters. The number of allylic oxidation sites excluding steroid dienone is 1. The van der Waals surface area contributed by atoms with Gasteiger partial charge in [0.2, 0.25) is 0 Å². The maximum absolute atomic E-state index is 15.0. The van der Waals surface area contributed by atoms with Crippen molar-refractivity contribution in [2.45, 2.75) is 12.3 Å². The second-order valence-electron chi connectivity index (χ2n) is 7.74. The Morgan fingerprint density at radius 3 is 2.39 bits per heavy atom. The molecule has 9 nitrogen and oxygen atoms in total. The number of halogens is 1. The lowest BCUT2D eigenvalue weighted by Crippen LogP contribution is -2.41. The van der Waals surface area contributed by atoms with E-state index in [-0.39, 0.29) is 34.0 Å². The van der Waals surface area contributed by atoms with Gasteiger partial charge in [-0.2, -0.15) is 5.26 Å². The fourth-order valence-corrected chi connectivity index (χ4v) is 4.07. The van der Waals surface area contributed by atoms with Crippen LogP contribution in [-0.2, 0) is 23.8 Å². The van der Waals surface area contributed by atoms with Crippen LogP contribution in [0.2, 0.25) is 0 Å². The molecule has 0 aromatic heterocycles. The number of nitrogens with zero attached hydrogens (tertiary/aromatic N) is 2. The second kappa shape index (κ2) is 11.9. The summed E-state index contributed by atoms with van der Waals surface area (Å²) in [6, 6.07) is 14.9. The van der Waals surface area contributed by atoms with E-state index in [9.17, 15) is 14.9 Å². The van der Waals surface area contributed by atoms with E-state index in [4.69, 9.17) is 19.9 Å². The van der Waals surface area contributed by atoms with E-state index in [1.165, 1.54) is 18.2 Å². The van der Waals surface area contributed by atoms with Gasteiger partial charge in [0.25, 0.3) is 0 Å². The summed E-state index contributed by atoms with van der Waals surface area (Å²) in [6.45, 7) is 0.789. The summed E-state index contributed by atoms with van der Waals surface area (Å²) in [7, 11) is 3.87. The van der Waals surface area contributed by atoms with Gasteiger partial charge >= 0.3 is 11.9 Å². The average Bonchev–Trinajstić information content (AvgIpc) is 2.90. The number of hydrogen-bond donors (Lipinski definition) is 2. The van der Waals surface area contributed by atoms with Gasteiger partial charge in [0.1, 0.15) is 17.3 Å². The largest absolute Gasteiger partial charge is 0.466 e. The molecule has 0 aliphatic carbocycles. The molecule has 1 atom stereocenters. The van der Waals surface area contributed by atoms with Gasteiger partial charge in [-0.25, -0.2) is 14.0 Å². The molecule has 3 rings (SSSR count). The Hall–Kier alpha value is -4.36. The third-order valence-electron chi connectivity index (χ3n) is 5.67. The third kappa shape index (κ3) is 5.01. The average molecular weight is 495 g/mol. The predicted molar refractivity (Wildman–Crippen MR) is 131 cm³/mol. The Kier molecular flexibility index (Phi) is 8.65. The number of para-hydroxylation sites is 1. The summed E-state index contributed by atoms with van der Waals surface area (Å²) >= 11 is 0. The molecule has 1 aliphatic rings. The first-order valence-electron chi connectivity index (χ1n) is 11.1. The van der Waals surface area contributed by atoms with Crippen molar-refractivity contribution in [2.75, 3.05) is 44.7 Å². The van der Waals surface area contributed by atoms with Crippen LogP contribution in [0.4, 0.5) is 15.8 Å². The Balaban J connectivity index is 2.34. The third-order valence-corrected chi connectivity index (χ3v) is 5.67. The molecule has 0 saturated carbocycles. The standard InChI is InChI=1S/C26H27FN4O5/c1-34-14-8-13-30-22-18(27)11-7-12-19(22)31-23(26(33)36-3)21(25(32)35-2)20(17(15-28)24(31)29)16-9-5-4-6-10-16/h4-7,9-12,20,30H,8,13-14,29H2,1-3H3. The summed E-state index contributed by atoms with van der Waals surface area (Å²) in [5, 5.41) is 13.1. The number of nitriles is 1. The lowest BCUT2D eigenvalue weighted by atomic mass is 9.81. The summed E-state index contributed by atoms with van der Waals surface area (Å²) in [5.41, 5.74) is 6.73. The Labute approximate surface area is 208 Å². The van der Waals surface area contributed by atoms with Gasteiger partial charge in [-0.05, 0) is 24.1 Å². The Morgan fingerprint density at radius 1 is 1.08 bits per heavy atom. The van der Waals surface area contributed by atoms with Gasteiger partial charge in [0.05, 0.1) is 48.7 Å². The lowest BCUT2D eigenvalue weighted by Gasteiger charge is -2.36. The van der Waals surface area contributed by atoms with Crippen molar-refractivity contribution in [3.63, 3.8) is 0 Å². The van der Waals surface area contributed by atoms with Gasteiger partial charge in [0, 0.05) is 20.3 Å². The Bertz CT molecular complexity index is 1240. The summed E-state index contributed by atoms with van der Waals surface area (Å²) < 4.78 is 30.1. The molecule has 0 saturated heterocycles. The number of carbonyl (C=O) groups is 2. The van der Waals surface area contributed by atoms with Gasteiger partial charge in [-0.1, -0.05) is 36.4 Å². The van der Waals surface area contributed by atoms with E-state index in [0.29, 0.717) is 25.1 Å². The Morgan fingerprint density at radius 2 is 1.78 bits per heavy atom. The zero-order valence-electron chi connectivity index (χ0n) is 20.2. The lowest BCUT2D eigenvalue weighted by molar-refractivity contribution is -0.139. The molecule has 36 heavy (non-hydrogen) atoms. The number of ether oxygens (including phenoxy) is 3. The molecule has 3 N–H and O–H groups in total. The summed E-state index contributed by atoms with van der Waals surface area (Å²) in [6.07, 6.45) is 0.572. The fourth-order valence-electron chi connectivity index (χ4n) is 4.07. The molecule has 0 amide bonds. The van der Waals surface area contributed by atoms with Crippen LogP contribution in [-0.4, -0.2) is 46.4 Å². The van der Waals surface area contributed by atoms with Crippen LogP contribution in [0.15, 0.2) is 71.2 Å². The van der Waals surface area contributed by atoms with Gasteiger partial charge < -0.3 is 25.3 Å². The summed E-state index contributed by atoms with van der Waals surface area (Å²) in [5.74, 6) is -3.55. The van der Waals surface area contributed by atoms with E-state index in [1.807, 2.05) is 0 Å². The van der Waals surface area contributed by atoms with Crippen LogP contribution in [0.3, 0.4) is 0 Å². The predicted octanol–water partition coefficient (Wildman–Crippen LogP) is 3.17. The molecule has 1 heterocycles. The molecule has 2 aromatic carbocycles. The van der Waals surface area contributed by atoms with E-state index in [1.54, 1.807) is 37.4 Å². The number of hydrogen-bond acceptors (Lipinski definition) is 9. The zero-order chi connectivity index (χ0) is 26.2. The minimum absolute atomic E-state index is 0.0103. The monoisotopic (exact) mass is 494 g/mol. The number of esters is 2. The first kappa shape index (κ1) is 26.2. The first-order valence-corrected chi connectivity index (χ1v) is 11.1. The maximum Gasteiger partial charge on any atom is 0.355 e. The molecular formula is C26H27FN4O5. The quantitative estimate of drug-likeness (QED) is 0.399. The minimum Gasteiger partial charge on any atom is -0.466 e. The van der Waals surface area contributed by atoms with Gasteiger partial charge in [0.15, 0.2) is 0 Å². The van der Waals surface area contributed by atoms with E-state index in [2.05, 4.69) is 11.4 Å². The van der Waals surface area contributed by atoms with Crippen LogP contribution in [0, 0.1) is 17.1 Å². The molecule has 188 valence electrons. The van der Waals surface area contributed by atoms with Crippen molar-refractivity contribution in [1.29, 1.82) is 5.26 Å². The van der Waals surface area contributed by atoms with Crippen LogP contribution in [0.1, 0.15) is 17.9 Å². The molecule has 0 spiro atoms. The number of carbonyl (C=O) groups excluding carboxylic acids is 2. The number of rotatable bonds is 9. The highest BCUT2D eigenvalue weighted by molar-refractivity contribution is 6.07. The molecular weight excluding hydrogens is 467 g/mol. The van der Waals surface area contributed by atoms with Crippen LogP contribution < -0.4 is 16.0 Å². The van der Waals surface area contributed by atoms with Crippen molar-refractivity contribution in [3.8, 4) is 6.07 Å². The smallest absolute Gasteiger partial charge is 0.355 e. The van der Waals surface area contributed by atoms with Crippen molar-refractivity contribution in [1.82, 2.24) is 0 Å². The zero-order valence-corrected chi connectivity index (χ0v) is 20.2. The normalized spacial score (nSPS) is 15.4. The fraction of sp³-hybridized carbons (Fsp3) is 0.269. The molecule has 0 radical (unpaired) electrons. The minimum atomic E-state index is -1.01. The van der Waals surface area contributed by atoms with Crippen molar-refractivity contribution in [3.05, 3.63) is 82.6 Å². The second-order valence-corrected chi connectivity index (χ2v) is 7.74. The topological polar surface area (TPSA) is 127 Å². The van der Waals surface area contributed by atoms with Crippen LogP contribution in [0.5, 0.6) is 0 Å².